The van der Waals surface area contributed by atoms with E-state index in [1.54, 1.807) is 12.0 Å². The van der Waals surface area contributed by atoms with Crippen LogP contribution in [0.4, 0.5) is 0 Å². The fourth-order valence-corrected chi connectivity index (χ4v) is 1.85. The first kappa shape index (κ1) is 8.41. The van der Waals surface area contributed by atoms with E-state index in [1.165, 1.54) is 32.1 Å². The van der Waals surface area contributed by atoms with Crippen molar-refractivity contribution in [3.63, 3.8) is 0 Å². The zero-order valence-electron chi connectivity index (χ0n) is 6.64. The predicted octanol–water partition coefficient (Wildman–Crippen LogP) is 3.00. The molecule has 0 bridgehead atoms. The van der Waals surface area contributed by atoms with E-state index in [9.17, 15) is 0 Å². The van der Waals surface area contributed by atoms with Gasteiger partial charge in [-0.25, -0.2) is 0 Å². The molecule has 0 N–H and O–H groups in total. The summed E-state index contributed by atoms with van der Waals surface area (Å²) in [5.41, 5.74) is 0. The van der Waals surface area contributed by atoms with Crippen LogP contribution in [-0.4, -0.2) is 11.9 Å². The Kier molecular flexibility index (Phi) is 4.23. The second-order valence-corrected chi connectivity index (χ2v) is 3.77. The second kappa shape index (κ2) is 5.03. The van der Waals surface area contributed by atoms with Crippen molar-refractivity contribution in [2.45, 2.75) is 45.1 Å². The summed E-state index contributed by atoms with van der Waals surface area (Å²) in [6, 6.07) is 0. The molecule has 1 aliphatic rings. The summed E-state index contributed by atoms with van der Waals surface area (Å²) < 4.78 is 5.55. The molecular weight excluding hydrogens is 144 g/mol. The van der Waals surface area contributed by atoms with Gasteiger partial charge in [0.1, 0.15) is 0 Å². The molecule has 0 aromatic rings. The average molecular weight is 160 g/mol. The third-order valence-electron chi connectivity index (χ3n) is 1.87. The van der Waals surface area contributed by atoms with Gasteiger partial charge < -0.3 is 4.18 Å². The molecule has 0 radical (unpaired) electrons. The van der Waals surface area contributed by atoms with Crippen LogP contribution in [0, 0.1) is 0 Å². The molecule has 0 aromatic heterocycles. The molecule has 10 heavy (non-hydrogen) atoms. The molecule has 0 unspecified atom stereocenters. The van der Waals surface area contributed by atoms with Crippen LogP contribution in [-0.2, 0) is 4.18 Å². The molecule has 0 spiro atoms. The van der Waals surface area contributed by atoms with Crippen molar-refractivity contribution in [3.8, 4) is 0 Å². The maximum atomic E-state index is 5.55. The zero-order valence-corrected chi connectivity index (χ0v) is 7.45. The van der Waals surface area contributed by atoms with Gasteiger partial charge in [-0.05, 0) is 24.9 Å². The van der Waals surface area contributed by atoms with E-state index >= 15 is 0 Å². The van der Waals surface area contributed by atoms with Crippen molar-refractivity contribution >= 4 is 12.0 Å². The maximum Gasteiger partial charge on any atom is 0.0722 e. The first-order valence-electron chi connectivity index (χ1n) is 4.21. The van der Waals surface area contributed by atoms with E-state index in [0.717, 1.165) is 5.75 Å². The normalized spacial score (nSPS) is 21.3. The fraction of sp³-hybridized carbons (Fsp3) is 1.00. The molecule has 0 aromatic carbocycles. The lowest BCUT2D eigenvalue weighted by Crippen LogP contribution is -2.13. The van der Waals surface area contributed by atoms with E-state index in [4.69, 9.17) is 4.18 Å². The van der Waals surface area contributed by atoms with Crippen LogP contribution in [0.1, 0.15) is 39.0 Å². The Balaban J connectivity index is 2.02. The number of rotatable bonds is 3. The quantitative estimate of drug-likeness (QED) is 0.587. The summed E-state index contributed by atoms with van der Waals surface area (Å²) in [7, 11) is 0. The lowest BCUT2D eigenvalue weighted by atomic mass is 9.98. The molecule has 2 heteroatoms. The summed E-state index contributed by atoms with van der Waals surface area (Å²) in [6.07, 6.45) is 7.29. The molecule has 1 saturated carbocycles. The average Bonchev–Trinajstić information content (AvgIpc) is 2.03. The van der Waals surface area contributed by atoms with Crippen molar-refractivity contribution in [2.24, 2.45) is 0 Å². The fourth-order valence-electron chi connectivity index (χ4n) is 1.33. The standard InChI is InChI=1S/C8H16OS/c1-2-10-9-8-6-4-3-5-7-8/h8H,2-7H2,1H3. The Morgan fingerprint density at radius 3 is 2.60 bits per heavy atom. The second-order valence-electron chi connectivity index (χ2n) is 2.76. The minimum absolute atomic E-state index is 0.568. The zero-order chi connectivity index (χ0) is 7.23. The van der Waals surface area contributed by atoms with Gasteiger partial charge in [0.2, 0.25) is 0 Å². The Labute approximate surface area is 67.7 Å². The summed E-state index contributed by atoms with van der Waals surface area (Å²) in [5.74, 6) is 1.08. The Morgan fingerprint density at radius 2 is 2.00 bits per heavy atom. The summed E-state index contributed by atoms with van der Waals surface area (Å²) >= 11 is 1.61. The van der Waals surface area contributed by atoms with Crippen molar-refractivity contribution in [2.75, 3.05) is 5.75 Å². The van der Waals surface area contributed by atoms with Gasteiger partial charge in [-0.3, -0.25) is 0 Å². The third kappa shape index (κ3) is 2.93. The van der Waals surface area contributed by atoms with Gasteiger partial charge in [0, 0.05) is 5.75 Å². The van der Waals surface area contributed by atoms with Crippen LogP contribution in [0.5, 0.6) is 0 Å². The van der Waals surface area contributed by atoms with Crippen molar-refractivity contribution in [3.05, 3.63) is 0 Å². The van der Waals surface area contributed by atoms with Crippen LogP contribution in [0.15, 0.2) is 0 Å². The molecule has 1 rings (SSSR count). The van der Waals surface area contributed by atoms with Crippen molar-refractivity contribution in [1.29, 1.82) is 0 Å². The van der Waals surface area contributed by atoms with Gasteiger partial charge in [-0.1, -0.05) is 26.2 Å². The first-order valence-corrected chi connectivity index (χ1v) is 5.13. The lowest BCUT2D eigenvalue weighted by molar-refractivity contribution is 0.185. The molecule has 1 aliphatic carbocycles. The molecule has 1 fully saturated rings. The largest absolute Gasteiger partial charge is 0.312 e. The van der Waals surface area contributed by atoms with Crippen LogP contribution in [0.25, 0.3) is 0 Å². The van der Waals surface area contributed by atoms with Gasteiger partial charge in [-0.2, -0.15) is 0 Å². The van der Waals surface area contributed by atoms with Crippen molar-refractivity contribution in [1.82, 2.24) is 0 Å². The molecule has 1 nitrogen and oxygen atoms in total. The van der Waals surface area contributed by atoms with Gasteiger partial charge in [0.05, 0.1) is 6.10 Å². The van der Waals surface area contributed by atoms with Crippen LogP contribution in [0.3, 0.4) is 0 Å². The monoisotopic (exact) mass is 160 g/mol. The van der Waals surface area contributed by atoms with Crippen LogP contribution >= 0.6 is 12.0 Å². The van der Waals surface area contributed by atoms with Crippen molar-refractivity contribution < 1.29 is 4.18 Å². The molecular formula is C8H16OS. The van der Waals surface area contributed by atoms with E-state index in [-0.39, 0.29) is 0 Å². The Morgan fingerprint density at radius 1 is 1.30 bits per heavy atom. The number of hydrogen-bond donors (Lipinski definition) is 0. The topological polar surface area (TPSA) is 9.23 Å². The van der Waals surface area contributed by atoms with Gasteiger partial charge >= 0.3 is 0 Å². The molecule has 0 amide bonds. The van der Waals surface area contributed by atoms with Crippen LogP contribution < -0.4 is 0 Å². The first-order chi connectivity index (χ1) is 4.93. The van der Waals surface area contributed by atoms with Gasteiger partial charge in [0.25, 0.3) is 0 Å². The van der Waals surface area contributed by atoms with E-state index < -0.39 is 0 Å². The molecule has 0 aliphatic heterocycles. The third-order valence-corrected chi connectivity index (χ3v) is 2.52. The summed E-state index contributed by atoms with van der Waals surface area (Å²) in [6.45, 7) is 2.13. The highest BCUT2D eigenvalue weighted by atomic mass is 32.2. The summed E-state index contributed by atoms with van der Waals surface area (Å²) in [5, 5.41) is 0. The number of hydrogen-bond acceptors (Lipinski definition) is 2. The van der Waals surface area contributed by atoms with Gasteiger partial charge in [-0.15, -0.1) is 0 Å². The van der Waals surface area contributed by atoms with Gasteiger partial charge in [0.15, 0.2) is 0 Å². The SMILES string of the molecule is CCSOC1CCCCC1. The summed E-state index contributed by atoms with van der Waals surface area (Å²) in [4.78, 5) is 0. The minimum Gasteiger partial charge on any atom is -0.312 e. The predicted molar refractivity (Wildman–Crippen MR) is 46.1 cm³/mol. The lowest BCUT2D eigenvalue weighted by Gasteiger charge is -2.20. The maximum absolute atomic E-state index is 5.55. The van der Waals surface area contributed by atoms with E-state index in [1.807, 2.05) is 0 Å². The molecule has 60 valence electrons. The minimum atomic E-state index is 0.568. The highest BCUT2D eigenvalue weighted by Gasteiger charge is 2.13. The smallest absolute Gasteiger partial charge is 0.0722 e. The van der Waals surface area contributed by atoms with Crippen LogP contribution in [0.2, 0.25) is 0 Å². The highest BCUT2D eigenvalue weighted by molar-refractivity contribution is 7.94. The Bertz CT molecular complexity index is 79.3. The molecule has 0 atom stereocenters. The Hall–Kier alpha value is 0.310. The molecule has 0 heterocycles. The van der Waals surface area contributed by atoms with E-state index in [0.29, 0.717) is 6.10 Å². The highest BCUT2D eigenvalue weighted by Crippen LogP contribution is 2.23. The molecule has 0 saturated heterocycles. The van der Waals surface area contributed by atoms with E-state index in [2.05, 4.69) is 6.92 Å².